The number of hydrogen-bond acceptors (Lipinski definition) is 7. The number of ketones is 2. The van der Waals surface area contributed by atoms with E-state index < -0.39 is 17.0 Å². The van der Waals surface area contributed by atoms with E-state index in [4.69, 9.17) is 16.1 Å². The maximum absolute atomic E-state index is 15.7. The molecule has 0 N–H and O–H groups in total. The third kappa shape index (κ3) is 4.76. The summed E-state index contributed by atoms with van der Waals surface area (Å²) in [6, 6.07) is 7.45. The highest BCUT2D eigenvalue weighted by atomic mass is 35.5. The molecular formula is C29H23ClF2N4O3. The molecule has 2 heterocycles. The van der Waals surface area contributed by atoms with E-state index in [9.17, 15) is 9.59 Å². The van der Waals surface area contributed by atoms with Crippen molar-refractivity contribution in [1.29, 1.82) is 0 Å². The molecule has 0 amide bonds. The fourth-order valence-corrected chi connectivity index (χ4v) is 5.82. The number of nitrogens with zero attached hydrogens (tertiary/aromatic N) is 4. The van der Waals surface area contributed by atoms with Gasteiger partial charge in [0.25, 0.3) is 0 Å². The highest BCUT2D eigenvalue weighted by Gasteiger charge is 2.51. The van der Waals surface area contributed by atoms with Crippen molar-refractivity contribution in [3.05, 3.63) is 82.0 Å². The van der Waals surface area contributed by atoms with Gasteiger partial charge in [0.2, 0.25) is 11.7 Å². The van der Waals surface area contributed by atoms with Crippen LogP contribution in [0.3, 0.4) is 0 Å². The monoisotopic (exact) mass is 548 g/mol. The van der Waals surface area contributed by atoms with Crippen LogP contribution in [0.2, 0.25) is 5.02 Å². The summed E-state index contributed by atoms with van der Waals surface area (Å²) in [6.07, 6.45) is 5.63. The van der Waals surface area contributed by atoms with E-state index in [0.29, 0.717) is 47.9 Å². The molecule has 1 saturated carbocycles. The normalized spacial score (nSPS) is 17.2. The molecule has 39 heavy (non-hydrogen) atoms. The maximum Gasteiger partial charge on any atom is 0.223 e. The van der Waals surface area contributed by atoms with Crippen molar-refractivity contribution in [2.24, 2.45) is 5.41 Å². The van der Waals surface area contributed by atoms with Crippen LogP contribution in [0.5, 0.6) is 0 Å². The average molecular weight is 549 g/mol. The van der Waals surface area contributed by atoms with Gasteiger partial charge in [-0.1, -0.05) is 22.8 Å². The zero-order valence-corrected chi connectivity index (χ0v) is 21.8. The molecule has 2 aliphatic carbocycles. The number of rotatable bonds is 8. The zero-order chi connectivity index (χ0) is 27.3. The summed E-state index contributed by atoms with van der Waals surface area (Å²) in [5, 5.41) is 11.4. The highest BCUT2D eigenvalue weighted by Crippen LogP contribution is 2.53. The highest BCUT2D eigenvalue weighted by molar-refractivity contribution is 6.31. The van der Waals surface area contributed by atoms with Crippen LogP contribution < -0.4 is 0 Å². The van der Waals surface area contributed by atoms with Crippen LogP contribution in [0.1, 0.15) is 65.4 Å². The van der Waals surface area contributed by atoms with E-state index in [1.807, 2.05) is 6.07 Å². The first-order valence-corrected chi connectivity index (χ1v) is 13.1. The SMILES string of the molecule is Cc1nc(-c2c(F)cc(Cl)cc2-c2cc(F)c3c(c2)CCC3CC(=O)C2(CC(=O)c3ccnnc3)CC2)no1. The largest absolute Gasteiger partial charge is 0.339 e. The predicted octanol–water partition coefficient (Wildman–Crippen LogP) is 6.48. The first-order chi connectivity index (χ1) is 18.7. The van der Waals surface area contributed by atoms with E-state index in [-0.39, 0.29) is 52.6 Å². The molecule has 0 bridgehead atoms. The Kier molecular flexibility index (Phi) is 6.33. The van der Waals surface area contributed by atoms with Crippen LogP contribution in [0, 0.1) is 24.0 Å². The summed E-state index contributed by atoms with van der Waals surface area (Å²) in [4.78, 5) is 30.2. The fraction of sp³-hybridized carbons (Fsp3) is 0.310. The van der Waals surface area contributed by atoms with Crippen molar-refractivity contribution in [2.45, 2.75) is 51.4 Å². The van der Waals surface area contributed by atoms with Gasteiger partial charge in [-0.15, -0.1) is 0 Å². The van der Waals surface area contributed by atoms with Gasteiger partial charge >= 0.3 is 0 Å². The molecule has 6 rings (SSSR count). The number of carbonyl (C=O) groups is 2. The second kappa shape index (κ2) is 9.72. The van der Waals surface area contributed by atoms with E-state index in [0.717, 1.165) is 11.6 Å². The van der Waals surface area contributed by atoms with Crippen LogP contribution in [-0.4, -0.2) is 31.9 Å². The fourth-order valence-electron chi connectivity index (χ4n) is 5.61. The summed E-state index contributed by atoms with van der Waals surface area (Å²) in [5.74, 6) is -1.22. The quantitative estimate of drug-likeness (QED) is 0.232. The van der Waals surface area contributed by atoms with Gasteiger partial charge in [-0.25, -0.2) is 8.78 Å². The van der Waals surface area contributed by atoms with E-state index >= 15 is 8.78 Å². The van der Waals surface area contributed by atoms with Gasteiger partial charge in [0.1, 0.15) is 17.4 Å². The van der Waals surface area contributed by atoms with Gasteiger partial charge in [-0.2, -0.15) is 15.2 Å². The molecule has 198 valence electrons. The standard InChI is InChI=1S/C29H23ClF2N4O3/c1-15-35-28(36-39-15)27-21(11-20(30)12-23(27)32)19-8-16-2-3-17(26(16)22(31)9-19)10-25(38)29(5-6-29)13-24(37)18-4-7-33-34-14-18/h4,7-9,11-12,14,17H,2-3,5-6,10,13H2,1H3. The Hall–Kier alpha value is -3.85. The van der Waals surface area contributed by atoms with Crippen LogP contribution in [0.4, 0.5) is 8.78 Å². The number of aryl methyl sites for hydroxylation is 2. The van der Waals surface area contributed by atoms with Gasteiger partial charge in [-0.3, -0.25) is 9.59 Å². The zero-order valence-electron chi connectivity index (χ0n) is 21.0. The molecule has 0 aliphatic heterocycles. The molecule has 1 fully saturated rings. The molecule has 0 radical (unpaired) electrons. The molecule has 10 heteroatoms. The minimum atomic E-state index is -0.685. The lowest BCUT2D eigenvalue weighted by atomic mass is 9.84. The molecule has 7 nitrogen and oxygen atoms in total. The topological polar surface area (TPSA) is 98.8 Å². The first kappa shape index (κ1) is 25.4. The summed E-state index contributed by atoms with van der Waals surface area (Å²) < 4.78 is 35.7. The predicted molar refractivity (Wildman–Crippen MR) is 138 cm³/mol. The number of hydrogen-bond donors (Lipinski definition) is 0. The van der Waals surface area contributed by atoms with E-state index in [1.54, 1.807) is 19.1 Å². The minimum Gasteiger partial charge on any atom is -0.339 e. The lowest BCUT2D eigenvalue weighted by molar-refractivity contribution is -0.124. The van der Waals surface area contributed by atoms with E-state index in [2.05, 4.69) is 20.3 Å². The van der Waals surface area contributed by atoms with Crippen molar-refractivity contribution in [3.8, 4) is 22.5 Å². The Bertz CT molecular complexity index is 1620. The molecule has 1 unspecified atom stereocenters. The number of benzene rings is 2. The number of halogens is 3. The van der Waals surface area contributed by atoms with Gasteiger partial charge in [0.15, 0.2) is 5.78 Å². The smallest absolute Gasteiger partial charge is 0.223 e. The summed E-state index contributed by atoms with van der Waals surface area (Å²) in [7, 11) is 0. The van der Waals surface area contributed by atoms with Gasteiger partial charge in [0.05, 0.1) is 18.0 Å². The third-order valence-electron chi connectivity index (χ3n) is 7.78. The summed E-state index contributed by atoms with van der Waals surface area (Å²) >= 11 is 6.16. The number of fused-ring (bicyclic) bond motifs is 1. The van der Waals surface area contributed by atoms with E-state index in [1.165, 1.54) is 18.5 Å². The molecule has 1 atom stereocenters. The van der Waals surface area contributed by atoms with Gasteiger partial charge < -0.3 is 4.52 Å². The molecule has 0 saturated heterocycles. The molecule has 2 aromatic heterocycles. The second-order valence-electron chi connectivity index (χ2n) is 10.4. The Labute approximate surface area is 227 Å². The molecule has 2 aromatic carbocycles. The second-order valence-corrected chi connectivity index (χ2v) is 10.8. The summed E-state index contributed by atoms with van der Waals surface area (Å²) in [5.41, 5.74) is 1.88. The number of Topliss-reactive ketones (excluding diaryl/α,β-unsaturated/α-hetero) is 2. The lowest BCUT2D eigenvalue weighted by Crippen LogP contribution is -2.22. The van der Waals surface area contributed by atoms with Crippen LogP contribution >= 0.6 is 11.6 Å². The van der Waals surface area contributed by atoms with Crippen LogP contribution in [-0.2, 0) is 11.2 Å². The molecule has 2 aliphatic rings. The van der Waals surface area contributed by atoms with Crippen molar-refractivity contribution in [1.82, 2.24) is 20.3 Å². The third-order valence-corrected chi connectivity index (χ3v) is 8.00. The van der Waals surface area contributed by atoms with Crippen molar-refractivity contribution >= 4 is 23.2 Å². The Morgan fingerprint density at radius 3 is 2.64 bits per heavy atom. The number of carbonyl (C=O) groups excluding carboxylic acids is 2. The van der Waals surface area contributed by atoms with Gasteiger partial charge in [0, 0.05) is 35.8 Å². The molecule has 4 aromatic rings. The molecule has 0 spiro atoms. The van der Waals surface area contributed by atoms with Crippen molar-refractivity contribution in [3.63, 3.8) is 0 Å². The lowest BCUT2D eigenvalue weighted by Gasteiger charge is -2.18. The minimum absolute atomic E-state index is 0.00846. The van der Waals surface area contributed by atoms with Crippen molar-refractivity contribution in [2.75, 3.05) is 0 Å². The van der Waals surface area contributed by atoms with Crippen LogP contribution in [0.15, 0.2) is 47.2 Å². The van der Waals surface area contributed by atoms with Gasteiger partial charge in [-0.05, 0) is 78.1 Å². The average Bonchev–Trinajstić information content (AvgIpc) is 3.39. The Morgan fingerprint density at radius 1 is 1.13 bits per heavy atom. The van der Waals surface area contributed by atoms with Crippen molar-refractivity contribution < 1.29 is 22.9 Å². The Morgan fingerprint density at radius 2 is 1.95 bits per heavy atom. The maximum atomic E-state index is 15.7. The number of aromatic nitrogens is 4. The summed E-state index contributed by atoms with van der Waals surface area (Å²) in [6.45, 7) is 1.60. The van der Waals surface area contributed by atoms with Crippen LogP contribution in [0.25, 0.3) is 22.5 Å². The first-order valence-electron chi connectivity index (χ1n) is 12.7. The Balaban J connectivity index is 1.27. The molecular weight excluding hydrogens is 526 g/mol.